The predicted octanol–water partition coefficient (Wildman–Crippen LogP) is 4.92. The van der Waals surface area contributed by atoms with Gasteiger partial charge in [0.2, 0.25) is 5.78 Å². The Hall–Kier alpha value is -3.44. The summed E-state index contributed by atoms with van der Waals surface area (Å²) in [6.07, 6.45) is 7.83. The van der Waals surface area contributed by atoms with Gasteiger partial charge in [0.1, 0.15) is 5.82 Å². The Morgan fingerprint density at radius 3 is 2.53 bits per heavy atom. The van der Waals surface area contributed by atoms with Crippen molar-refractivity contribution < 1.29 is 9.90 Å². The van der Waals surface area contributed by atoms with E-state index in [1.807, 2.05) is 29.0 Å². The average Bonchev–Trinajstić information content (AvgIpc) is 3.23. The number of aromatic nitrogens is 2. The van der Waals surface area contributed by atoms with Crippen molar-refractivity contribution in [3.63, 3.8) is 0 Å². The molecule has 1 aliphatic heterocycles. The number of hydrogen-bond donors (Lipinski definition) is 2. The van der Waals surface area contributed by atoms with Crippen molar-refractivity contribution in [1.82, 2.24) is 14.9 Å². The van der Waals surface area contributed by atoms with Crippen LogP contribution < -0.4 is 5.32 Å². The largest absolute Gasteiger partial charge is 0.504 e. The molecule has 0 spiro atoms. The zero-order chi connectivity index (χ0) is 21.1. The van der Waals surface area contributed by atoms with Crippen LogP contribution in [0.15, 0.2) is 84.9 Å². The Bertz CT molecular complexity index is 1100. The standard InChI is InChI=1S/C25H25N3O2/c1-3-9-21(29)22(30)16-23-26-14-15-28(23)25-17(2)19-12-7-8-13-20(19)24(27-25)18-10-5-4-6-11-18/h3-17,24-25,27,30H,1-2H3/b9-3-,22-16-. The molecule has 0 bridgehead atoms. The monoisotopic (exact) mass is 399 g/mol. The number of imidazole rings is 1. The molecule has 1 aromatic heterocycles. The summed E-state index contributed by atoms with van der Waals surface area (Å²) in [5.41, 5.74) is 3.72. The van der Waals surface area contributed by atoms with Gasteiger partial charge >= 0.3 is 0 Å². The molecule has 2 N–H and O–H groups in total. The Labute approximate surface area is 176 Å². The van der Waals surface area contributed by atoms with Crippen LogP contribution in [0.2, 0.25) is 0 Å². The lowest BCUT2D eigenvalue weighted by Crippen LogP contribution is -2.39. The number of benzene rings is 2. The number of carbonyl (C=O) groups excluding carboxylic acids is 1. The first-order chi connectivity index (χ1) is 14.6. The number of ketones is 1. The van der Waals surface area contributed by atoms with Crippen LogP contribution in [0.1, 0.15) is 54.5 Å². The van der Waals surface area contributed by atoms with Crippen molar-refractivity contribution in [2.45, 2.75) is 32.0 Å². The Morgan fingerprint density at radius 1 is 1.10 bits per heavy atom. The van der Waals surface area contributed by atoms with Crippen LogP contribution in [-0.4, -0.2) is 20.4 Å². The summed E-state index contributed by atoms with van der Waals surface area (Å²) in [5, 5.41) is 13.9. The van der Waals surface area contributed by atoms with Crippen molar-refractivity contribution in [3.8, 4) is 0 Å². The first-order valence-electron chi connectivity index (χ1n) is 10.1. The molecule has 2 heterocycles. The van der Waals surface area contributed by atoms with Gasteiger partial charge in [-0.1, -0.05) is 67.6 Å². The van der Waals surface area contributed by atoms with Gasteiger partial charge in [0.25, 0.3) is 0 Å². The number of nitrogens with zero attached hydrogens (tertiary/aromatic N) is 2. The molecular weight excluding hydrogens is 374 g/mol. The maximum Gasteiger partial charge on any atom is 0.219 e. The maximum absolute atomic E-state index is 12.0. The van der Waals surface area contributed by atoms with E-state index in [0.29, 0.717) is 5.82 Å². The lowest BCUT2D eigenvalue weighted by atomic mass is 9.83. The SMILES string of the molecule is C/C=C\C(=O)/C(O)=C/c1nccn1C1NC(c2ccccc2)c2ccccc2C1C. The minimum atomic E-state index is -0.441. The Balaban J connectivity index is 1.76. The summed E-state index contributed by atoms with van der Waals surface area (Å²) < 4.78 is 1.98. The molecule has 0 aliphatic carbocycles. The predicted molar refractivity (Wildman–Crippen MR) is 118 cm³/mol. The van der Waals surface area contributed by atoms with Crippen molar-refractivity contribution in [2.24, 2.45) is 0 Å². The lowest BCUT2D eigenvalue weighted by Gasteiger charge is -2.39. The van der Waals surface area contributed by atoms with E-state index in [-0.39, 0.29) is 23.9 Å². The van der Waals surface area contributed by atoms with Crippen LogP contribution in [0.3, 0.4) is 0 Å². The molecule has 152 valence electrons. The normalized spacial score (nSPS) is 21.5. The third-order valence-corrected chi connectivity index (χ3v) is 5.58. The number of aliphatic hydroxyl groups is 1. The third kappa shape index (κ3) is 3.72. The summed E-state index contributed by atoms with van der Waals surface area (Å²) in [5.74, 6) is -0.0787. The van der Waals surface area contributed by atoms with Gasteiger partial charge in [-0.15, -0.1) is 0 Å². The van der Waals surface area contributed by atoms with Crippen LogP contribution in [0, 0.1) is 0 Å². The summed E-state index contributed by atoms with van der Waals surface area (Å²) >= 11 is 0. The van der Waals surface area contributed by atoms with E-state index in [1.54, 1.807) is 19.2 Å². The second kappa shape index (κ2) is 8.51. The van der Waals surface area contributed by atoms with Gasteiger partial charge in [0.15, 0.2) is 5.76 Å². The van der Waals surface area contributed by atoms with E-state index >= 15 is 0 Å². The topological polar surface area (TPSA) is 67.1 Å². The highest BCUT2D eigenvalue weighted by Crippen LogP contribution is 2.41. The number of nitrogens with one attached hydrogen (secondary N) is 1. The number of aliphatic hydroxyl groups excluding tert-OH is 1. The minimum absolute atomic E-state index is 0.0288. The summed E-state index contributed by atoms with van der Waals surface area (Å²) in [7, 11) is 0. The number of carbonyl (C=O) groups is 1. The van der Waals surface area contributed by atoms with E-state index in [0.717, 1.165) is 0 Å². The highest BCUT2D eigenvalue weighted by molar-refractivity contribution is 6.04. The molecule has 0 saturated carbocycles. The van der Waals surface area contributed by atoms with Crippen LogP contribution in [-0.2, 0) is 4.79 Å². The van der Waals surface area contributed by atoms with E-state index in [4.69, 9.17) is 0 Å². The second-order valence-corrected chi connectivity index (χ2v) is 7.46. The van der Waals surface area contributed by atoms with E-state index < -0.39 is 5.78 Å². The van der Waals surface area contributed by atoms with Crippen LogP contribution >= 0.6 is 0 Å². The fourth-order valence-corrected chi connectivity index (χ4v) is 4.11. The molecule has 3 atom stereocenters. The first kappa shape index (κ1) is 19.9. The molecule has 5 nitrogen and oxygen atoms in total. The van der Waals surface area contributed by atoms with Gasteiger partial charge in [-0.05, 0) is 29.7 Å². The van der Waals surface area contributed by atoms with Gasteiger partial charge in [-0.25, -0.2) is 4.98 Å². The quantitative estimate of drug-likeness (QED) is 0.472. The van der Waals surface area contributed by atoms with Gasteiger partial charge in [0.05, 0.1) is 12.2 Å². The zero-order valence-electron chi connectivity index (χ0n) is 17.1. The lowest BCUT2D eigenvalue weighted by molar-refractivity contribution is -0.113. The number of rotatable bonds is 5. The molecule has 0 saturated heterocycles. The number of fused-ring (bicyclic) bond motifs is 1. The van der Waals surface area contributed by atoms with E-state index in [2.05, 4.69) is 53.6 Å². The van der Waals surface area contributed by atoms with Crippen LogP contribution in [0.5, 0.6) is 0 Å². The van der Waals surface area contributed by atoms with Crippen molar-refractivity contribution in [1.29, 1.82) is 0 Å². The summed E-state index contributed by atoms with van der Waals surface area (Å²) in [6, 6.07) is 18.9. The summed E-state index contributed by atoms with van der Waals surface area (Å²) in [4.78, 5) is 16.3. The fourth-order valence-electron chi connectivity index (χ4n) is 4.11. The maximum atomic E-state index is 12.0. The molecule has 4 rings (SSSR count). The van der Waals surface area contributed by atoms with Gasteiger partial charge in [-0.3, -0.25) is 10.1 Å². The molecular formula is C25H25N3O2. The molecule has 30 heavy (non-hydrogen) atoms. The van der Waals surface area contributed by atoms with Crippen LogP contribution in [0.4, 0.5) is 0 Å². The highest BCUT2D eigenvalue weighted by atomic mass is 16.3. The Kier molecular flexibility index (Phi) is 5.63. The molecule has 3 aromatic rings. The molecule has 0 fully saturated rings. The Morgan fingerprint density at radius 2 is 1.80 bits per heavy atom. The molecule has 3 unspecified atom stereocenters. The molecule has 0 amide bonds. The van der Waals surface area contributed by atoms with Gasteiger partial charge < -0.3 is 9.67 Å². The average molecular weight is 399 g/mol. The highest BCUT2D eigenvalue weighted by Gasteiger charge is 2.34. The molecule has 5 heteroatoms. The van der Waals surface area contributed by atoms with Gasteiger partial charge in [-0.2, -0.15) is 0 Å². The number of allylic oxidation sites excluding steroid dienone is 2. The molecule has 1 aliphatic rings. The van der Waals surface area contributed by atoms with E-state index in [9.17, 15) is 9.90 Å². The fraction of sp³-hybridized carbons (Fsp3) is 0.200. The smallest absolute Gasteiger partial charge is 0.219 e. The first-order valence-corrected chi connectivity index (χ1v) is 10.1. The molecule has 2 aromatic carbocycles. The molecule has 0 radical (unpaired) electrons. The van der Waals surface area contributed by atoms with Crippen molar-refractivity contribution >= 4 is 11.9 Å². The third-order valence-electron chi connectivity index (χ3n) is 5.58. The number of hydrogen-bond acceptors (Lipinski definition) is 4. The summed E-state index contributed by atoms with van der Waals surface area (Å²) in [6.45, 7) is 3.91. The van der Waals surface area contributed by atoms with Crippen molar-refractivity contribution in [2.75, 3.05) is 0 Å². The van der Waals surface area contributed by atoms with Gasteiger partial charge in [0, 0.05) is 24.4 Å². The minimum Gasteiger partial charge on any atom is -0.504 e. The van der Waals surface area contributed by atoms with Crippen molar-refractivity contribution in [3.05, 3.63) is 107 Å². The second-order valence-electron chi connectivity index (χ2n) is 7.46. The van der Waals surface area contributed by atoms with Crippen LogP contribution in [0.25, 0.3) is 6.08 Å². The van der Waals surface area contributed by atoms with E-state index in [1.165, 1.54) is 28.8 Å². The zero-order valence-corrected chi connectivity index (χ0v) is 17.1.